The Labute approximate surface area is 118 Å². The Morgan fingerprint density at radius 3 is 2.95 bits per heavy atom. The summed E-state index contributed by atoms with van der Waals surface area (Å²) in [5.74, 6) is -1.08. The van der Waals surface area contributed by atoms with E-state index in [0.717, 1.165) is 30.9 Å². The fourth-order valence-electron chi connectivity index (χ4n) is 2.41. The molecule has 1 N–H and O–H groups in total. The topological polar surface area (TPSA) is 61.9 Å². The molecule has 0 amide bonds. The minimum Gasteiger partial charge on any atom is -0.550 e. The molecule has 2 aromatic heterocycles. The lowest BCUT2D eigenvalue weighted by Crippen LogP contribution is -3.07. The summed E-state index contributed by atoms with van der Waals surface area (Å²) in [5.41, 5.74) is 2.38. The molecule has 20 heavy (non-hydrogen) atoms. The molecule has 0 radical (unpaired) electrons. The van der Waals surface area contributed by atoms with E-state index in [1.165, 1.54) is 11.3 Å². The van der Waals surface area contributed by atoms with Gasteiger partial charge < -0.3 is 14.8 Å². The Hall–Kier alpha value is -1.88. The predicted molar refractivity (Wildman–Crippen MR) is 74.3 cm³/mol. The number of hydrogen-bond acceptors (Lipinski definition) is 3. The molecule has 0 saturated heterocycles. The van der Waals surface area contributed by atoms with Crippen LogP contribution in [-0.4, -0.2) is 28.9 Å². The van der Waals surface area contributed by atoms with Crippen LogP contribution in [0.2, 0.25) is 0 Å². The summed E-state index contributed by atoms with van der Waals surface area (Å²) in [7, 11) is 2.13. The number of pyridine rings is 1. The smallest absolute Gasteiger partial charge is 0.137 e. The maximum atomic E-state index is 10.9. The van der Waals surface area contributed by atoms with E-state index in [9.17, 15) is 9.90 Å². The zero-order valence-corrected chi connectivity index (χ0v) is 12.1. The van der Waals surface area contributed by atoms with Crippen molar-refractivity contribution in [3.05, 3.63) is 35.8 Å². The molecule has 0 spiro atoms. The molecule has 2 aromatic rings. The number of nitrogens with zero attached hydrogens (tertiary/aromatic N) is 2. The molecule has 0 saturated carbocycles. The number of unbranched alkanes of at least 4 members (excludes halogenated alkanes) is 1. The number of carbonyl (C=O) groups is 1. The third kappa shape index (κ3) is 3.36. The third-order valence-electron chi connectivity index (χ3n) is 3.45. The molecule has 0 fully saturated rings. The van der Waals surface area contributed by atoms with Crippen LogP contribution in [-0.2, 0) is 17.8 Å². The molecule has 2 heterocycles. The summed E-state index contributed by atoms with van der Waals surface area (Å²) in [5, 5.41) is 10.9. The van der Waals surface area contributed by atoms with Crippen molar-refractivity contribution in [2.45, 2.75) is 32.7 Å². The maximum absolute atomic E-state index is 10.9. The van der Waals surface area contributed by atoms with E-state index >= 15 is 0 Å². The van der Waals surface area contributed by atoms with Gasteiger partial charge in [0, 0.05) is 18.6 Å². The molecular weight excluding hydrogens is 254 g/mol. The number of carbonyl (C=O) groups excluding carboxylic acids is 1. The van der Waals surface area contributed by atoms with Crippen LogP contribution in [0.4, 0.5) is 0 Å². The average molecular weight is 275 g/mol. The van der Waals surface area contributed by atoms with Gasteiger partial charge >= 0.3 is 0 Å². The van der Waals surface area contributed by atoms with Crippen molar-refractivity contribution in [2.75, 3.05) is 13.6 Å². The number of rotatable bonds is 7. The summed E-state index contributed by atoms with van der Waals surface area (Å²) >= 11 is 0. The molecule has 5 heteroatoms. The van der Waals surface area contributed by atoms with E-state index in [1.807, 2.05) is 28.8 Å². The van der Waals surface area contributed by atoms with Crippen LogP contribution in [0.15, 0.2) is 24.4 Å². The van der Waals surface area contributed by atoms with Crippen LogP contribution in [0.3, 0.4) is 0 Å². The van der Waals surface area contributed by atoms with Gasteiger partial charge in [0.15, 0.2) is 0 Å². The highest BCUT2D eigenvalue weighted by Gasteiger charge is 2.15. The van der Waals surface area contributed by atoms with Gasteiger partial charge in [-0.2, -0.15) is 0 Å². The van der Waals surface area contributed by atoms with Crippen molar-refractivity contribution >= 4 is 11.6 Å². The van der Waals surface area contributed by atoms with E-state index in [-0.39, 0.29) is 6.42 Å². The van der Waals surface area contributed by atoms with Crippen LogP contribution < -0.4 is 10.0 Å². The first-order valence-corrected chi connectivity index (χ1v) is 7.07. The largest absolute Gasteiger partial charge is 0.550 e. The lowest BCUT2D eigenvalue weighted by molar-refractivity contribution is -0.894. The molecular formula is C15H21N3O2. The molecule has 0 aromatic carbocycles. The minimum absolute atomic E-state index is 0.127. The number of aromatic nitrogens is 2. The quantitative estimate of drug-likeness (QED) is 0.737. The van der Waals surface area contributed by atoms with Gasteiger partial charge in [-0.3, -0.25) is 4.40 Å². The molecule has 0 aliphatic rings. The van der Waals surface area contributed by atoms with E-state index in [2.05, 4.69) is 19.0 Å². The molecule has 0 bridgehead atoms. The lowest BCUT2D eigenvalue weighted by atomic mass is 10.2. The van der Waals surface area contributed by atoms with Crippen molar-refractivity contribution in [3.8, 4) is 0 Å². The Bertz CT molecular complexity index is 592. The van der Waals surface area contributed by atoms with Gasteiger partial charge in [-0.15, -0.1) is 0 Å². The Morgan fingerprint density at radius 2 is 2.25 bits per heavy atom. The highest BCUT2D eigenvalue weighted by molar-refractivity contribution is 5.68. The molecule has 0 aliphatic heterocycles. The predicted octanol–water partition coefficient (Wildman–Crippen LogP) is -0.558. The van der Waals surface area contributed by atoms with E-state index in [0.29, 0.717) is 5.69 Å². The second kappa shape index (κ2) is 6.52. The fourth-order valence-corrected chi connectivity index (χ4v) is 2.41. The Morgan fingerprint density at radius 1 is 1.45 bits per heavy atom. The lowest BCUT2D eigenvalue weighted by Gasteiger charge is -2.14. The van der Waals surface area contributed by atoms with E-state index in [4.69, 9.17) is 0 Å². The first-order chi connectivity index (χ1) is 9.61. The van der Waals surface area contributed by atoms with Gasteiger partial charge in [-0.05, 0) is 18.6 Å². The van der Waals surface area contributed by atoms with Gasteiger partial charge in [0.1, 0.15) is 17.9 Å². The van der Waals surface area contributed by atoms with Crippen molar-refractivity contribution in [1.29, 1.82) is 0 Å². The minimum atomic E-state index is -1.08. The van der Waals surface area contributed by atoms with Crippen LogP contribution in [0.25, 0.3) is 5.65 Å². The highest BCUT2D eigenvalue weighted by Crippen LogP contribution is 2.12. The van der Waals surface area contributed by atoms with Crippen molar-refractivity contribution < 1.29 is 14.8 Å². The monoisotopic (exact) mass is 275 g/mol. The normalized spacial score (nSPS) is 12.7. The molecule has 1 unspecified atom stereocenters. The Kier molecular flexibility index (Phi) is 4.74. The molecule has 1 atom stereocenters. The van der Waals surface area contributed by atoms with Crippen molar-refractivity contribution in [3.63, 3.8) is 0 Å². The fraction of sp³-hybridized carbons (Fsp3) is 0.467. The second-order valence-electron chi connectivity index (χ2n) is 5.22. The molecule has 108 valence electrons. The van der Waals surface area contributed by atoms with Gasteiger partial charge in [0.2, 0.25) is 0 Å². The third-order valence-corrected chi connectivity index (χ3v) is 3.45. The standard InChI is InChI=1S/C15H21N3O2/c1-3-4-8-17(2)11-13-12(10-15(19)20)16-14-7-5-6-9-18(13)14/h5-7,9H,3-4,8,10-11H2,1-2H3,(H,19,20). The highest BCUT2D eigenvalue weighted by atomic mass is 16.4. The van der Waals surface area contributed by atoms with Gasteiger partial charge in [0.25, 0.3) is 0 Å². The molecule has 5 nitrogen and oxygen atoms in total. The Balaban J connectivity index is 2.30. The van der Waals surface area contributed by atoms with E-state index in [1.54, 1.807) is 0 Å². The van der Waals surface area contributed by atoms with Gasteiger partial charge in [-0.25, -0.2) is 4.98 Å². The first kappa shape index (κ1) is 14.5. The van der Waals surface area contributed by atoms with Crippen molar-refractivity contribution in [1.82, 2.24) is 9.38 Å². The summed E-state index contributed by atoms with van der Waals surface area (Å²) in [4.78, 5) is 16.7. The summed E-state index contributed by atoms with van der Waals surface area (Å²) in [6.07, 6.45) is 4.14. The van der Waals surface area contributed by atoms with Crippen LogP contribution in [0.5, 0.6) is 0 Å². The first-order valence-electron chi connectivity index (χ1n) is 7.07. The van der Waals surface area contributed by atoms with E-state index < -0.39 is 5.97 Å². The number of fused-ring (bicyclic) bond motifs is 1. The second-order valence-corrected chi connectivity index (χ2v) is 5.22. The summed E-state index contributed by atoms with van der Waals surface area (Å²) in [6.45, 7) is 4.01. The molecule has 2 rings (SSSR count). The summed E-state index contributed by atoms with van der Waals surface area (Å²) in [6, 6.07) is 5.73. The number of quaternary nitrogens is 1. The zero-order chi connectivity index (χ0) is 14.5. The molecule has 0 aliphatic carbocycles. The zero-order valence-electron chi connectivity index (χ0n) is 12.1. The number of aliphatic carboxylic acids is 1. The number of nitrogens with one attached hydrogen (secondary N) is 1. The average Bonchev–Trinajstić information content (AvgIpc) is 2.74. The van der Waals surface area contributed by atoms with Crippen molar-refractivity contribution in [2.24, 2.45) is 0 Å². The SMILES string of the molecule is CCCC[NH+](C)Cc1c(CC(=O)[O-])nc2ccccn12. The van der Waals surface area contributed by atoms with Crippen LogP contribution in [0, 0.1) is 0 Å². The maximum Gasteiger partial charge on any atom is 0.137 e. The number of carboxylic acids is 1. The van der Waals surface area contributed by atoms with Gasteiger partial charge in [-0.1, -0.05) is 19.4 Å². The number of imidazole rings is 1. The number of hydrogen-bond donors (Lipinski definition) is 1. The van der Waals surface area contributed by atoms with Crippen LogP contribution in [0.1, 0.15) is 31.2 Å². The van der Waals surface area contributed by atoms with Gasteiger partial charge in [0.05, 0.1) is 19.3 Å². The summed E-state index contributed by atoms with van der Waals surface area (Å²) < 4.78 is 1.98. The van der Waals surface area contributed by atoms with Crippen LogP contribution >= 0.6 is 0 Å². The number of carboxylic acid groups (broad SMARTS) is 1.